The van der Waals surface area contributed by atoms with Gasteiger partial charge in [0, 0.05) is 11.2 Å². The molecule has 100 valence electrons. The van der Waals surface area contributed by atoms with E-state index in [1.54, 1.807) is 0 Å². The van der Waals surface area contributed by atoms with E-state index in [0.717, 1.165) is 11.7 Å². The van der Waals surface area contributed by atoms with Crippen LogP contribution in [0.4, 0.5) is 0 Å². The van der Waals surface area contributed by atoms with Gasteiger partial charge in [0.1, 0.15) is 0 Å². The summed E-state index contributed by atoms with van der Waals surface area (Å²) in [7, 11) is 0. The zero-order valence-corrected chi connectivity index (χ0v) is 12.3. The van der Waals surface area contributed by atoms with E-state index >= 15 is 0 Å². The van der Waals surface area contributed by atoms with Crippen molar-refractivity contribution < 1.29 is 4.79 Å². The summed E-state index contributed by atoms with van der Waals surface area (Å²) in [5, 5.41) is 0. The summed E-state index contributed by atoms with van der Waals surface area (Å²) >= 11 is 1.87. The summed E-state index contributed by atoms with van der Waals surface area (Å²) in [5.74, 6) is 3.02. The molecule has 17 heavy (non-hydrogen) atoms. The van der Waals surface area contributed by atoms with Crippen LogP contribution in [0.25, 0.3) is 0 Å². The lowest BCUT2D eigenvalue weighted by Gasteiger charge is -2.24. The molecule has 1 fully saturated rings. The minimum absolute atomic E-state index is 0.189. The molecule has 0 bridgehead atoms. The van der Waals surface area contributed by atoms with Gasteiger partial charge in [0.05, 0.1) is 6.04 Å². The number of nitrogens with two attached hydrogens (primary N) is 1. The summed E-state index contributed by atoms with van der Waals surface area (Å²) in [6.45, 7) is 5.84. The van der Waals surface area contributed by atoms with Gasteiger partial charge >= 0.3 is 0 Å². The molecule has 1 aliphatic rings. The molecule has 0 aromatic carbocycles. The maximum atomic E-state index is 11.9. The normalized spacial score (nSPS) is 20.2. The fraction of sp³-hybridized carbons (Fsp3) is 0.929. The third kappa shape index (κ3) is 5.43. The summed E-state index contributed by atoms with van der Waals surface area (Å²) in [6.07, 6.45) is 6.92. The Kier molecular flexibility index (Phi) is 6.01. The van der Waals surface area contributed by atoms with Crippen molar-refractivity contribution in [3.8, 4) is 0 Å². The van der Waals surface area contributed by atoms with Crippen LogP contribution in [0.3, 0.4) is 0 Å². The van der Waals surface area contributed by atoms with Gasteiger partial charge in [-0.2, -0.15) is 11.8 Å². The molecule has 2 N–H and O–H groups in total. The molecule has 1 unspecified atom stereocenters. The summed E-state index contributed by atoms with van der Waals surface area (Å²) < 4.78 is 0. The van der Waals surface area contributed by atoms with Crippen molar-refractivity contribution in [3.05, 3.63) is 0 Å². The maximum Gasteiger partial charge on any atom is 0.155 e. The number of carbonyl (C=O) groups excluding carboxylic acids is 1. The molecule has 2 nitrogen and oxygen atoms in total. The number of thioether (sulfide) groups is 1. The molecule has 0 heterocycles. The van der Waals surface area contributed by atoms with Crippen LogP contribution in [-0.4, -0.2) is 23.3 Å². The van der Waals surface area contributed by atoms with Crippen LogP contribution in [0.15, 0.2) is 0 Å². The van der Waals surface area contributed by atoms with Gasteiger partial charge in [0.25, 0.3) is 0 Å². The highest BCUT2D eigenvalue weighted by Gasteiger charge is 2.27. The number of hydrogen-bond donors (Lipinski definition) is 1. The number of rotatable bonds is 5. The van der Waals surface area contributed by atoms with Crippen molar-refractivity contribution in [1.29, 1.82) is 0 Å². The van der Waals surface area contributed by atoms with Gasteiger partial charge in [-0.25, -0.2) is 0 Å². The van der Waals surface area contributed by atoms with E-state index in [2.05, 4.69) is 0 Å². The fourth-order valence-corrected chi connectivity index (χ4v) is 3.56. The van der Waals surface area contributed by atoms with Gasteiger partial charge in [-0.1, -0.05) is 40.0 Å². The van der Waals surface area contributed by atoms with Crippen molar-refractivity contribution in [2.75, 3.05) is 11.5 Å². The van der Waals surface area contributed by atoms with Crippen LogP contribution in [0.2, 0.25) is 0 Å². The lowest BCUT2D eigenvalue weighted by Crippen LogP contribution is -2.40. The Morgan fingerprint density at radius 1 is 1.29 bits per heavy atom. The Hall–Kier alpha value is -0.0200. The van der Waals surface area contributed by atoms with Crippen molar-refractivity contribution in [3.63, 3.8) is 0 Å². The summed E-state index contributed by atoms with van der Waals surface area (Å²) in [5.41, 5.74) is 5.65. The van der Waals surface area contributed by atoms with Gasteiger partial charge in [0.15, 0.2) is 5.78 Å². The first-order chi connectivity index (χ1) is 7.91. The van der Waals surface area contributed by atoms with E-state index in [9.17, 15) is 4.79 Å². The van der Waals surface area contributed by atoms with Gasteiger partial charge in [0.2, 0.25) is 0 Å². The van der Waals surface area contributed by atoms with Gasteiger partial charge < -0.3 is 5.73 Å². The zero-order valence-electron chi connectivity index (χ0n) is 11.5. The van der Waals surface area contributed by atoms with Crippen molar-refractivity contribution in [1.82, 2.24) is 0 Å². The van der Waals surface area contributed by atoms with Gasteiger partial charge in [-0.05, 0) is 24.5 Å². The molecule has 0 spiro atoms. The predicted octanol–water partition coefficient (Wildman–Crippen LogP) is 3.24. The largest absolute Gasteiger partial charge is 0.321 e. The Morgan fingerprint density at radius 2 is 1.88 bits per heavy atom. The topological polar surface area (TPSA) is 43.1 Å². The van der Waals surface area contributed by atoms with E-state index in [1.165, 1.54) is 37.9 Å². The molecule has 1 aliphatic carbocycles. The lowest BCUT2D eigenvalue weighted by atomic mass is 9.87. The van der Waals surface area contributed by atoms with Crippen LogP contribution < -0.4 is 5.73 Å². The molecule has 3 heteroatoms. The lowest BCUT2D eigenvalue weighted by molar-refractivity contribution is -0.127. The van der Waals surface area contributed by atoms with Crippen LogP contribution in [0.5, 0.6) is 0 Å². The van der Waals surface area contributed by atoms with Crippen molar-refractivity contribution in [2.24, 2.45) is 17.1 Å². The third-order valence-electron chi connectivity index (χ3n) is 3.45. The first kappa shape index (κ1) is 15.0. The first-order valence-electron chi connectivity index (χ1n) is 6.79. The smallest absolute Gasteiger partial charge is 0.155 e. The maximum absolute atomic E-state index is 11.9. The van der Waals surface area contributed by atoms with Crippen molar-refractivity contribution >= 4 is 17.5 Å². The standard InChI is InChI=1S/C14H27NOS/c1-14(2,3)13(16)12(15)10-17-9-11-7-5-4-6-8-11/h11-12H,4-10,15H2,1-3H3. The van der Waals surface area contributed by atoms with Crippen LogP contribution in [0.1, 0.15) is 52.9 Å². The van der Waals surface area contributed by atoms with Gasteiger partial charge in [-0.15, -0.1) is 0 Å². The molecule has 0 amide bonds. The second-order valence-corrected chi connectivity index (χ2v) is 7.34. The molecule has 1 rings (SSSR count). The van der Waals surface area contributed by atoms with Crippen LogP contribution >= 0.6 is 11.8 Å². The summed E-state index contributed by atoms with van der Waals surface area (Å²) in [6, 6.07) is -0.288. The molecular formula is C14H27NOS. The predicted molar refractivity (Wildman–Crippen MR) is 76.3 cm³/mol. The fourth-order valence-electron chi connectivity index (χ4n) is 2.35. The number of carbonyl (C=O) groups is 1. The molecular weight excluding hydrogens is 230 g/mol. The molecule has 0 aromatic rings. The molecule has 0 radical (unpaired) electrons. The third-order valence-corrected chi connectivity index (χ3v) is 4.75. The average molecular weight is 257 g/mol. The Bertz CT molecular complexity index is 241. The van der Waals surface area contributed by atoms with E-state index in [1.807, 2.05) is 32.5 Å². The quantitative estimate of drug-likeness (QED) is 0.822. The first-order valence-corrected chi connectivity index (χ1v) is 7.94. The second-order valence-electron chi connectivity index (χ2n) is 6.26. The molecule has 0 aromatic heterocycles. The molecule has 1 saturated carbocycles. The average Bonchev–Trinajstić information content (AvgIpc) is 2.28. The van der Waals surface area contributed by atoms with Crippen LogP contribution in [0, 0.1) is 11.3 Å². The van der Waals surface area contributed by atoms with Crippen molar-refractivity contribution in [2.45, 2.75) is 58.9 Å². The molecule has 0 saturated heterocycles. The minimum atomic E-state index is -0.301. The molecule has 1 atom stereocenters. The highest BCUT2D eigenvalue weighted by molar-refractivity contribution is 7.99. The number of Topliss-reactive ketones (excluding diaryl/α,β-unsaturated/α-hetero) is 1. The van der Waals surface area contributed by atoms with Gasteiger partial charge in [-0.3, -0.25) is 4.79 Å². The second kappa shape index (κ2) is 6.79. The highest BCUT2D eigenvalue weighted by atomic mass is 32.2. The van der Waals surface area contributed by atoms with E-state index in [4.69, 9.17) is 5.73 Å². The molecule has 0 aliphatic heterocycles. The monoisotopic (exact) mass is 257 g/mol. The van der Waals surface area contributed by atoms with Crippen LogP contribution in [-0.2, 0) is 4.79 Å². The number of hydrogen-bond acceptors (Lipinski definition) is 3. The van der Waals surface area contributed by atoms with E-state index in [0.29, 0.717) is 0 Å². The van der Waals surface area contributed by atoms with E-state index < -0.39 is 0 Å². The SMILES string of the molecule is CC(C)(C)C(=O)C(N)CSCC1CCCCC1. The van der Waals surface area contributed by atoms with E-state index in [-0.39, 0.29) is 17.2 Å². The minimum Gasteiger partial charge on any atom is -0.321 e. The Labute approximate surface area is 110 Å². The summed E-state index contributed by atoms with van der Waals surface area (Å²) in [4.78, 5) is 11.9. The Morgan fingerprint density at radius 3 is 2.41 bits per heavy atom. The Balaban J connectivity index is 2.19. The number of ketones is 1. The zero-order chi connectivity index (χ0) is 12.9. The highest BCUT2D eigenvalue weighted by Crippen LogP contribution is 2.27.